The van der Waals surface area contributed by atoms with Crippen molar-refractivity contribution >= 4 is 11.6 Å². The maximum Gasteiger partial charge on any atom is 0.220 e. The highest BCUT2D eigenvalue weighted by Gasteiger charge is 2.25. The van der Waals surface area contributed by atoms with Crippen LogP contribution in [0.25, 0.3) is 0 Å². The maximum atomic E-state index is 12.4. The molecule has 1 unspecified atom stereocenters. The van der Waals surface area contributed by atoms with Crippen molar-refractivity contribution < 1.29 is 19.0 Å². The van der Waals surface area contributed by atoms with Crippen LogP contribution in [0.5, 0.6) is 17.2 Å². The Morgan fingerprint density at radius 3 is 2.54 bits per heavy atom. The summed E-state index contributed by atoms with van der Waals surface area (Å²) in [5.41, 5.74) is 3.49. The van der Waals surface area contributed by atoms with Crippen molar-refractivity contribution in [3.05, 3.63) is 83.9 Å². The van der Waals surface area contributed by atoms with Gasteiger partial charge in [-0.05, 0) is 54.7 Å². The zero-order chi connectivity index (χ0) is 24.5. The summed E-state index contributed by atoms with van der Waals surface area (Å²) in [7, 11) is 3.24. The molecule has 0 fully saturated rings. The minimum Gasteiger partial charge on any atom is -0.493 e. The molecule has 0 aliphatic carbocycles. The molecule has 0 saturated heterocycles. The zero-order valence-electron chi connectivity index (χ0n) is 20.5. The van der Waals surface area contributed by atoms with Crippen LogP contribution in [0.4, 0.5) is 5.69 Å². The highest BCUT2D eigenvalue weighted by Crippen LogP contribution is 2.35. The Labute approximate surface area is 207 Å². The molecule has 35 heavy (non-hydrogen) atoms. The van der Waals surface area contributed by atoms with Crippen molar-refractivity contribution in [3.63, 3.8) is 0 Å². The number of methoxy groups -OCH3 is 2. The van der Waals surface area contributed by atoms with Gasteiger partial charge in [-0.25, -0.2) is 0 Å². The van der Waals surface area contributed by atoms with Gasteiger partial charge in [0.2, 0.25) is 5.91 Å². The van der Waals surface area contributed by atoms with E-state index in [1.165, 1.54) is 5.56 Å². The molecule has 4 rings (SSSR count). The van der Waals surface area contributed by atoms with E-state index in [4.69, 9.17) is 14.2 Å². The summed E-state index contributed by atoms with van der Waals surface area (Å²) < 4.78 is 16.9. The highest BCUT2D eigenvalue weighted by atomic mass is 16.5. The summed E-state index contributed by atoms with van der Waals surface area (Å²) in [6.07, 6.45) is 2.92. The predicted molar refractivity (Wildman–Crippen MR) is 138 cm³/mol. The van der Waals surface area contributed by atoms with Gasteiger partial charge in [0.05, 0.1) is 26.5 Å². The van der Waals surface area contributed by atoms with Crippen LogP contribution in [-0.4, -0.2) is 39.3 Å². The van der Waals surface area contributed by atoms with E-state index in [9.17, 15) is 4.79 Å². The van der Waals surface area contributed by atoms with E-state index in [1.807, 2.05) is 42.5 Å². The van der Waals surface area contributed by atoms with Crippen molar-refractivity contribution in [2.45, 2.75) is 38.3 Å². The number of fused-ring (bicyclic) bond motifs is 1. The smallest absolute Gasteiger partial charge is 0.220 e. The summed E-state index contributed by atoms with van der Waals surface area (Å²) >= 11 is 0. The average Bonchev–Trinajstić information content (AvgIpc) is 2.89. The summed E-state index contributed by atoms with van der Waals surface area (Å²) in [6, 6.07) is 24.5. The summed E-state index contributed by atoms with van der Waals surface area (Å²) in [4.78, 5) is 14.8. The Balaban J connectivity index is 1.23. The van der Waals surface area contributed by atoms with Gasteiger partial charge in [-0.1, -0.05) is 48.5 Å². The molecular formula is C29H34N2O4. The summed E-state index contributed by atoms with van der Waals surface area (Å²) in [5.74, 6) is 2.39. The fraction of sp³-hybridized carbons (Fsp3) is 0.345. The summed E-state index contributed by atoms with van der Waals surface area (Å²) in [6.45, 7) is 2.24. The lowest BCUT2D eigenvalue weighted by Crippen LogP contribution is -2.39. The number of nitrogens with one attached hydrogen (secondary N) is 1. The Morgan fingerprint density at radius 2 is 1.74 bits per heavy atom. The monoisotopic (exact) mass is 474 g/mol. The van der Waals surface area contributed by atoms with Gasteiger partial charge in [0.1, 0.15) is 11.9 Å². The van der Waals surface area contributed by atoms with Crippen molar-refractivity contribution in [1.82, 2.24) is 5.32 Å². The lowest BCUT2D eigenvalue weighted by atomic mass is 10.1. The highest BCUT2D eigenvalue weighted by molar-refractivity contribution is 5.75. The van der Waals surface area contributed by atoms with Crippen LogP contribution in [0.3, 0.4) is 0 Å². The van der Waals surface area contributed by atoms with Gasteiger partial charge in [-0.3, -0.25) is 4.79 Å². The van der Waals surface area contributed by atoms with E-state index < -0.39 is 0 Å². The number of anilines is 1. The molecule has 6 heteroatoms. The number of para-hydroxylation sites is 2. The molecule has 1 aliphatic rings. The Kier molecular flexibility index (Phi) is 8.49. The third kappa shape index (κ3) is 6.69. The van der Waals surface area contributed by atoms with E-state index in [0.717, 1.165) is 49.4 Å². The minimum absolute atomic E-state index is 0.0631. The van der Waals surface area contributed by atoms with Crippen LogP contribution in [0, 0.1) is 0 Å². The number of ether oxygens (including phenoxy) is 3. The van der Waals surface area contributed by atoms with E-state index in [-0.39, 0.29) is 12.0 Å². The quantitative estimate of drug-likeness (QED) is 0.424. The first kappa shape index (κ1) is 24.5. The van der Waals surface area contributed by atoms with E-state index in [2.05, 4.69) is 40.5 Å². The molecule has 0 saturated carbocycles. The second-order valence-electron chi connectivity index (χ2n) is 8.76. The molecule has 0 bridgehead atoms. The van der Waals surface area contributed by atoms with Gasteiger partial charge in [-0.15, -0.1) is 0 Å². The topological polar surface area (TPSA) is 60.0 Å². The minimum atomic E-state index is 0.0631. The third-order valence-electron chi connectivity index (χ3n) is 6.25. The van der Waals surface area contributed by atoms with Crippen LogP contribution >= 0.6 is 0 Å². The Hall–Kier alpha value is -3.67. The number of carbonyl (C=O) groups excluding carboxylic acids is 1. The molecule has 1 amide bonds. The van der Waals surface area contributed by atoms with Gasteiger partial charge >= 0.3 is 0 Å². The molecule has 1 atom stereocenters. The molecule has 0 aromatic heterocycles. The SMILES string of the molecule is COc1ccc(CCNC(=O)CCCC2CN(Cc3ccccc3)c3ccccc3O2)cc1OC. The molecule has 1 heterocycles. The lowest BCUT2D eigenvalue weighted by Gasteiger charge is -2.36. The number of rotatable bonds is 11. The van der Waals surface area contributed by atoms with Gasteiger partial charge in [0.25, 0.3) is 0 Å². The molecular weight excluding hydrogens is 440 g/mol. The standard InChI is InChI=1S/C29H34N2O4/c1-33-27-16-15-22(19-28(27)34-2)17-18-30-29(32)14-8-11-24-21-31(20-23-9-4-3-5-10-23)25-12-6-7-13-26(25)35-24/h3-7,9-10,12-13,15-16,19,24H,8,11,14,17-18,20-21H2,1-2H3,(H,30,32). The van der Waals surface area contributed by atoms with Gasteiger partial charge in [0.15, 0.2) is 11.5 Å². The second kappa shape index (κ2) is 12.2. The number of benzene rings is 3. The normalized spacial score (nSPS) is 14.6. The molecule has 0 spiro atoms. The second-order valence-corrected chi connectivity index (χ2v) is 8.76. The molecule has 0 radical (unpaired) electrons. The van der Waals surface area contributed by atoms with E-state index >= 15 is 0 Å². The van der Waals surface area contributed by atoms with Gasteiger partial charge < -0.3 is 24.4 Å². The van der Waals surface area contributed by atoms with Crippen molar-refractivity contribution in [2.75, 3.05) is 32.2 Å². The van der Waals surface area contributed by atoms with Crippen molar-refractivity contribution in [1.29, 1.82) is 0 Å². The first-order valence-corrected chi connectivity index (χ1v) is 12.2. The van der Waals surface area contributed by atoms with Gasteiger partial charge in [0, 0.05) is 19.5 Å². The van der Waals surface area contributed by atoms with Crippen molar-refractivity contribution in [2.24, 2.45) is 0 Å². The molecule has 3 aromatic rings. The van der Waals surface area contributed by atoms with E-state index in [0.29, 0.717) is 24.5 Å². The number of carbonyl (C=O) groups is 1. The lowest BCUT2D eigenvalue weighted by molar-refractivity contribution is -0.121. The largest absolute Gasteiger partial charge is 0.493 e. The van der Waals surface area contributed by atoms with Crippen LogP contribution < -0.4 is 24.4 Å². The zero-order valence-corrected chi connectivity index (χ0v) is 20.5. The molecule has 6 nitrogen and oxygen atoms in total. The van der Waals surface area contributed by atoms with Gasteiger partial charge in [-0.2, -0.15) is 0 Å². The number of amides is 1. The van der Waals surface area contributed by atoms with Crippen LogP contribution in [0.2, 0.25) is 0 Å². The Morgan fingerprint density at radius 1 is 0.971 bits per heavy atom. The van der Waals surface area contributed by atoms with Crippen LogP contribution in [-0.2, 0) is 17.8 Å². The first-order valence-electron chi connectivity index (χ1n) is 12.2. The summed E-state index contributed by atoms with van der Waals surface area (Å²) in [5, 5.41) is 3.03. The first-order chi connectivity index (χ1) is 17.2. The number of nitrogens with zero attached hydrogens (tertiary/aromatic N) is 1. The number of hydrogen-bond donors (Lipinski definition) is 1. The molecule has 1 aliphatic heterocycles. The maximum absolute atomic E-state index is 12.4. The third-order valence-corrected chi connectivity index (χ3v) is 6.25. The van der Waals surface area contributed by atoms with Crippen LogP contribution in [0.1, 0.15) is 30.4 Å². The van der Waals surface area contributed by atoms with Crippen LogP contribution in [0.15, 0.2) is 72.8 Å². The number of hydrogen-bond acceptors (Lipinski definition) is 5. The molecule has 1 N–H and O–H groups in total. The fourth-order valence-electron chi connectivity index (χ4n) is 4.44. The predicted octanol–water partition coefficient (Wildman–Crippen LogP) is 5.00. The molecule has 3 aromatic carbocycles. The van der Waals surface area contributed by atoms with Crippen molar-refractivity contribution in [3.8, 4) is 17.2 Å². The fourth-order valence-corrected chi connectivity index (χ4v) is 4.44. The molecule has 184 valence electrons. The Bertz CT molecular complexity index is 1100. The van der Waals surface area contributed by atoms with E-state index in [1.54, 1.807) is 14.2 Å². The average molecular weight is 475 g/mol.